The van der Waals surface area contributed by atoms with Gasteiger partial charge in [-0.3, -0.25) is 14.5 Å². The number of nitrogens with zero attached hydrogens (tertiary/aromatic N) is 2. The van der Waals surface area contributed by atoms with Gasteiger partial charge in [0.05, 0.1) is 0 Å². The first-order valence-corrected chi connectivity index (χ1v) is 8.47. The van der Waals surface area contributed by atoms with Crippen LogP contribution in [0.3, 0.4) is 0 Å². The highest BCUT2D eigenvalue weighted by molar-refractivity contribution is 6.07. The molecule has 130 valence electrons. The van der Waals surface area contributed by atoms with Gasteiger partial charge in [-0.1, -0.05) is 18.2 Å². The summed E-state index contributed by atoms with van der Waals surface area (Å²) < 4.78 is 13.8. The molecule has 0 aromatic heterocycles. The Kier molecular flexibility index (Phi) is 4.58. The Morgan fingerprint density at radius 3 is 2.71 bits per heavy atom. The number of halogens is 1. The fraction of sp³-hybridized carbons (Fsp3) is 0.556. The molecule has 2 N–H and O–H groups in total. The lowest BCUT2D eigenvalue weighted by Gasteiger charge is -2.38. The van der Waals surface area contributed by atoms with Crippen molar-refractivity contribution in [1.82, 2.24) is 9.80 Å². The molecule has 1 aromatic carbocycles. The van der Waals surface area contributed by atoms with Gasteiger partial charge in [0.2, 0.25) is 11.8 Å². The van der Waals surface area contributed by atoms with Crippen LogP contribution in [0.2, 0.25) is 0 Å². The Labute approximate surface area is 141 Å². The number of carbonyl (C=O) groups excluding carboxylic acids is 2. The van der Waals surface area contributed by atoms with Gasteiger partial charge in [0, 0.05) is 31.7 Å². The van der Waals surface area contributed by atoms with Gasteiger partial charge in [-0.25, -0.2) is 4.39 Å². The van der Waals surface area contributed by atoms with Gasteiger partial charge in [-0.15, -0.1) is 0 Å². The molecule has 24 heavy (non-hydrogen) atoms. The Morgan fingerprint density at radius 1 is 1.38 bits per heavy atom. The summed E-state index contributed by atoms with van der Waals surface area (Å²) in [5, 5.41) is 0. The largest absolute Gasteiger partial charge is 0.369 e. The lowest BCUT2D eigenvalue weighted by molar-refractivity contribution is -0.144. The van der Waals surface area contributed by atoms with Gasteiger partial charge in [-0.05, 0) is 38.3 Å². The zero-order valence-electron chi connectivity index (χ0n) is 14.0. The van der Waals surface area contributed by atoms with E-state index in [1.54, 1.807) is 24.1 Å². The monoisotopic (exact) mass is 333 g/mol. The molecule has 0 unspecified atom stereocenters. The second-order valence-electron chi connectivity index (χ2n) is 6.98. The van der Waals surface area contributed by atoms with Gasteiger partial charge in [0.25, 0.3) is 0 Å². The van der Waals surface area contributed by atoms with E-state index >= 15 is 0 Å². The number of benzene rings is 1. The number of primary amides is 1. The molecule has 1 aliphatic carbocycles. The summed E-state index contributed by atoms with van der Waals surface area (Å²) in [7, 11) is 1.75. The fourth-order valence-corrected chi connectivity index (χ4v) is 3.55. The molecular formula is C18H24FN3O2. The van der Waals surface area contributed by atoms with E-state index in [4.69, 9.17) is 5.73 Å². The number of rotatable bonds is 5. The molecule has 3 rings (SSSR count). The first-order valence-electron chi connectivity index (χ1n) is 8.47. The quantitative estimate of drug-likeness (QED) is 0.831. The highest BCUT2D eigenvalue weighted by atomic mass is 19.1. The molecule has 2 aliphatic rings. The van der Waals surface area contributed by atoms with Gasteiger partial charge >= 0.3 is 0 Å². The van der Waals surface area contributed by atoms with Crippen LogP contribution < -0.4 is 5.73 Å². The predicted molar refractivity (Wildman–Crippen MR) is 88.3 cm³/mol. The minimum absolute atomic E-state index is 0.0369. The second kappa shape index (κ2) is 6.51. The molecule has 1 aromatic rings. The van der Waals surface area contributed by atoms with Crippen molar-refractivity contribution < 1.29 is 14.0 Å². The van der Waals surface area contributed by atoms with Crippen molar-refractivity contribution in [2.24, 2.45) is 11.1 Å². The van der Waals surface area contributed by atoms with Crippen molar-refractivity contribution in [1.29, 1.82) is 0 Å². The Hall–Kier alpha value is -1.95. The zero-order chi connectivity index (χ0) is 17.3. The maximum Gasteiger partial charge on any atom is 0.238 e. The number of likely N-dealkylation sites (tertiary alicyclic amines) is 1. The van der Waals surface area contributed by atoms with Gasteiger partial charge in [-0.2, -0.15) is 0 Å². The van der Waals surface area contributed by atoms with Crippen LogP contribution in [0.4, 0.5) is 4.39 Å². The van der Waals surface area contributed by atoms with E-state index in [2.05, 4.69) is 4.90 Å². The van der Waals surface area contributed by atoms with Gasteiger partial charge in [0.15, 0.2) is 0 Å². The third-order valence-electron chi connectivity index (χ3n) is 5.33. The molecule has 2 amide bonds. The van der Waals surface area contributed by atoms with Crippen LogP contribution in [0.25, 0.3) is 0 Å². The third kappa shape index (κ3) is 3.15. The summed E-state index contributed by atoms with van der Waals surface area (Å²) in [6.45, 7) is 2.10. The fourth-order valence-electron chi connectivity index (χ4n) is 3.55. The predicted octanol–water partition coefficient (Wildman–Crippen LogP) is 1.51. The highest BCUT2D eigenvalue weighted by Gasteiger charge is 2.57. The summed E-state index contributed by atoms with van der Waals surface area (Å²) in [6.07, 6.45) is 2.94. The first kappa shape index (κ1) is 16.9. The van der Waals surface area contributed by atoms with E-state index in [1.807, 2.05) is 6.07 Å². The number of carbonyl (C=O) groups is 2. The van der Waals surface area contributed by atoms with E-state index in [0.29, 0.717) is 31.5 Å². The highest BCUT2D eigenvalue weighted by Crippen LogP contribution is 2.47. The summed E-state index contributed by atoms with van der Waals surface area (Å²) >= 11 is 0. The topological polar surface area (TPSA) is 66.6 Å². The number of amides is 2. The molecule has 0 radical (unpaired) electrons. The lowest BCUT2D eigenvalue weighted by Crippen LogP contribution is -2.52. The van der Waals surface area contributed by atoms with Crippen LogP contribution in [0, 0.1) is 11.2 Å². The third-order valence-corrected chi connectivity index (χ3v) is 5.33. The number of hydrogen-bond donors (Lipinski definition) is 1. The zero-order valence-corrected chi connectivity index (χ0v) is 14.0. The molecule has 5 nitrogen and oxygen atoms in total. The van der Waals surface area contributed by atoms with E-state index < -0.39 is 11.3 Å². The van der Waals surface area contributed by atoms with E-state index in [9.17, 15) is 14.0 Å². The van der Waals surface area contributed by atoms with Gasteiger partial charge in [0.1, 0.15) is 11.2 Å². The van der Waals surface area contributed by atoms with Crippen LogP contribution in [-0.4, -0.2) is 47.8 Å². The van der Waals surface area contributed by atoms with Crippen molar-refractivity contribution in [3.8, 4) is 0 Å². The number of likely N-dealkylation sites (N-methyl/N-ethyl adjacent to an activating group) is 1. The molecule has 1 atom stereocenters. The number of piperidine rings is 1. The molecule has 1 heterocycles. The van der Waals surface area contributed by atoms with E-state index in [-0.39, 0.29) is 17.8 Å². The summed E-state index contributed by atoms with van der Waals surface area (Å²) in [5.41, 5.74) is 5.11. The second-order valence-corrected chi connectivity index (χ2v) is 6.98. The summed E-state index contributed by atoms with van der Waals surface area (Å²) in [5.74, 6) is -0.874. The molecule has 6 heteroatoms. The van der Waals surface area contributed by atoms with Crippen molar-refractivity contribution in [2.75, 3.05) is 20.1 Å². The summed E-state index contributed by atoms with van der Waals surface area (Å²) in [6, 6.07) is 6.81. The average Bonchev–Trinajstić information content (AvgIpc) is 3.38. The van der Waals surface area contributed by atoms with E-state index in [1.165, 1.54) is 6.07 Å². The van der Waals surface area contributed by atoms with Crippen molar-refractivity contribution in [3.05, 3.63) is 35.6 Å². The first-order chi connectivity index (χ1) is 11.4. The smallest absolute Gasteiger partial charge is 0.238 e. The molecule has 1 aliphatic heterocycles. The number of nitrogens with two attached hydrogens (primary N) is 1. The minimum Gasteiger partial charge on any atom is -0.369 e. The lowest BCUT2D eigenvalue weighted by atomic mass is 9.99. The standard InChI is InChI=1S/C18H24FN3O2/c1-21(17(24)18(8-9-18)16(20)23)14-6-4-10-22(12-14)11-13-5-2-3-7-15(13)19/h2-3,5,7,14H,4,6,8-12H2,1H3,(H2,20,23)/t14-/m0/s1. The Morgan fingerprint density at radius 2 is 2.08 bits per heavy atom. The maximum atomic E-state index is 13.8. The minimum atomic E-state index is -0.970. The number of hydrogen-bond acceptors (Lipinski definition) is 3. The normalized spacial score (nSPS) is 22.8. The van der Waals surface area contributed by atoms with Crippen LogP contribution >= 0.6 is 0 Å². The van der Waals surface area contributed by atoms with Crippen LogP contribution in [-0.2, 0) is 16.1 Å². The van der Waals surface area contributed by atoms with Crippen LogP contribution in [0.5, 0.6) is 0 Å². The molecule has 0 spiro atoms. The molecular weight excluding hydrogens is 309 g/mol. The van der Waals surface area contributed by atoms with E-state index in [0.717, 1.165) is 19.4 Å². The average molecular weight is 333 g/mol. The SMILES string of the molecule is CN(C(=O)C1(C(N)=O)CC1)[C@H]1CCCN(Cc2ccccc2F)C1. The van der Waals surface area contributed by atoms with Gasteiger partial charge < -0.3 is 10.6 Å². The Bertz CT molecular complexity index is 645. The van der Waals surface area contributed by atoms with Crippen LogP contribution in [0.1, 0.15) is 31.2 Å². The molecule has 0 bridgehead atoms. The molecule has 2 fully saturated rings. The van der Waals surface area contributed by atoms with Crippen LogP contribution in [0.15, 0.2) is 24.3 Å². The molecule has 1 saturated heterocycles. The van der Waals surface area contributed by atoms with Crippen molar-refractivity contribution >= 4 is 11.8 Å². The molecule has 1 saturated carbocycles. The Balaban J connectivity index is 1.64. The maximum absolute atomic E-state index is 13.8. The van der Waals surface area contributed by atoms with Crippen molar-refractivity contribution in [3.63, 3.8) is 0 Å². The summed E-state index contributed by atoms with van der Waals surface area (Å²) in [4.78, 5) is 28.1. The van der Waals surface area contributed by atoms with Crippen molar-refractivity contribution in [2.45, 2.75) is 38.3 Å².